The second kappa shape index (κ2) is 4.75. The highest BCUT2D eigenvalue weighted by Gasteiger charge is 2.32. The van der Waals surface area contributed by atoms with Gasteiger partial charge >= 0.3 is 0 Å². The number of aromatic nitrogens is 3. The van der Waals surface area contributed by atoms with Crippen LogP contribution in [0.3, 0.4) is 0 Å². The molecule has 0 N–H and O–H groups in total. The molecule has 1 aromatic heterocycles. The maximum atomic E-state index is 5.42. The van der Waals surface area contributed by atoms with Gasteiger partial charge in [0.05, 0.1) is 0 Å². The molecule has 0 aliphatic carbocycles. The fourth-order valence-corrected chi connectivity index (χ4v) is 2.62. The van der Waals surface area contributed by atoms with Crippen LogP contribution in [0, 0.1) is 19.3 Å². The first-order chi connectivity index (χ1) is 7.65. The second-order valence-electron chi connectivity index (χ2n) is 4.63. The Bertz CT molecular complexity index is 358. The molecule has 0 unspecified atom stereocenters. The Hall–Kier alpha value is -0.550. The average Bonchev–Trinajstić information content (AvgIpc) is 2.59. The third-order valence-corrected chi connectivity index (χ3v) is 4.01. The van der Waals surface area contributed by atoms with Crippen molar-refractivity contribution in [1.82, 2.24) is 14.8 Å². The van der Waals surface area contributed by atoms with Crippen LogP contribution in [0.4, 0.5) is 0 Å². The minimum atomic E-state index is 0.228. The van der Waals surface area contributed by atoms with Crippen LogP contribution in [0.1, 0.15) is 24.5 Å². The van der Waals surface area contributed by atoms with Gasteiger partial charge in [0, 0.05) is 25.2 Å². The lowest BCUT2D eigenvalue weighted by Crippen LogP contribution is -2.36. The van der Waals surface area contributed by atoms with Crippen LogP contribution in [0.5, 0.6) is 0 Å². The molecule has 5 heteroatoms. The molecule has 0 atom stereocenters. The summed E-state index contributed by atoms with van der Waals surface area (Å²) in [6.07, 6.45) is 2.13. The molecule has 0 amide bonds. The zero-order chi connectivity index (χ0) is 11.6. The normalized spacial score (nSPS) is 19.9. The van der Waals surface area contributed by atoms with E-state index in [4.69, 9.17) is 4.74 Å². The highest BCUT2D eigenvalue weighted by molar-refractivity contribution is 7.80. The molecule has 0 spiro atoms. The number of nitrogens with zero attached hydrogens (tertiary/aromatic N) is 3. The molecule has 0 bridgehead atoms. The molecule has 2 rings (SSSR count). The minimum Gasteiger partial charge on any atom is -0.381 e. The van der Waals surface area contributed by atoms with Gasteiger partial charge in [-0.15, -0.1) is 0 Å². The monoisotopic (exact) mass is 241 g/mol. The van der Waals surface area contributed by atoms with Crippen molar-refractivity contribution in [2.45, 2.75) is 33.2 Å². The largest absolute Gasteiger partial charge is 0.381 e. The fourth-order valence-electron chi connectivity index (χ4n) is 2.20. The third kappa shape index (κ3) is 2.40. The first-order valence-electron chi connectivity index (χ1n) is 5.72. The van der Waals surface area contributed by atoms with Gasteiger partial charge in [0.15, 0.2) is 0 Å². The smallest absolute Gasteiger partial charge is 0.147 e. The molecule has 4 nitrogen and oxygen atoms in total. The van der Waals surface area contributed by atoms with E-state index in [0.29, 0.717) is 0 Å². The maximum Gasteiger partial charge on any atom is 0.147 e. The lowest BCUT2D eigenvalue weighted by molar-refractivity contribution is 0.0162. The second-order valence-corrected chi connectivity index (χ2v) is 4.95. The topological polar surface area (TPSA) is 39.9 Å². The molecule has 1 aromatic rings. The number of aryl methyl sites for hydroxylation is 2. The lowest BCUT2D eigenvalue weighted by Gasteiger charge is -2.35. The summed E-state index contributed by atoms with van der Waals surface area (Å²) in [6, 6.07) is 0. The summed E-state index contributed by atoms with van der Waals surface area (Å²) in [6.45, 7) is 6.53. The first-order valence-corrected chi connectivity index (χ1v) is 6.35. The minimum absolute atomic E-state index is 0.228. The van der Waals surface area contributed by atoms with Crippen LogP contribution in [0.25, 0.3) is 0 Å². The van der Waals surface area contributed by atoms with Crippen molar-refractivity contribution in [2.24, 2.45) is 5.41 Å². The van der Waals surface area contributed by atoms with E-state index < -0.39 is 0 Å². The molecule has 1 saturated heterocycles. The lowest BCUT2D eigenvalue weighted by atomic mass is 9.82. The van der Waals surface area contributed by atoms with E-state index >= 15 is 0 Å². The Kier molecular flexibility index (Phi) is 3.54. The Morgan fingerprint density at radius 1 is 1.38 bits per heavy atom. The predicted molar refractivity (Wildman–Crippen MR) is 65.8 cm³/mol. The first kappa shape index (κ1) is 11.9. The summed E-state index contributed by atoms with van der Waals surface area (Å²) in [5.74, 6) is 2.72. The van der Waals surface area contributed by atoms with Crippen molar-refractivity contribution in [2.75, 3.05) is 19.0 Å². The molecule has 1 aliphatic rings. The van der Waals surface area contributed by atoms with Gasteiger partial charge in [-0.3, -0.25) is 0 Å². The molecule has 0 saturated carbocycles. The van der Waals surface area contributed by atoms with E-state index in [1.165, 1.54) is 0 Å². The molecular formula is C11H19N3OS. The van der Waals surface area contributed by atoms with Crippen LogP contribution < -0.4 is 0 Å². The average molecular weight is 241 g/mol. The van der Waals surface area contributed by atoms with Crippen LogP contribution in [-0.4, -0.2) is 33.7 Å². The van der Waals surface area contributed by atoms with Gasteiger partial charge in [-0.2, -0.15) is 17.7 Å². The van der Waals surface area contributed by atoms with Gasteiger partial charge < -0.3 is 4.74 Å². The number of hydrogen-bond acceptors (Lipinski definition) is 4. The summed E-state index contributed by atoms with van der Waals surface area (Å²) in [5.41, 5.74) is 0.228. The van der Waals surface area contributed by atoms with Crippen LogP contribution in [0.2, 0.25) is 0 Å². The number of thiol groups is 1. The Morgan fingerprint density at radius 2 is 2.06 bits per heavy atom. The van der Waals surface area contributed by atoms with Crippen molar-refractivity contribution in [1.29, 1.82) is 0 Å². The molecule has 2 heterocycles. The van der Waals surface area contributed by atoms with E-state index in [1.54, 1.807) is 0 Å². The molecule has 0 aromatic carbocycles. The third-order valence-electron chi connectivity index (χ3n) is 3.34. The Labute approximate surface area is 102 Å². The highest BCUT2D eigenvalue weighted by atomic mass is 32.1. The quantitative estimate of drug-likeness (QED) is 0.818. The molecule has 1 fully saturated rings. The van der Waals surface area contributed by atoms with Gasteiger partial charge in [-0.1, -0.05) is 0 Å². The Morgan fingerprint density at radius 3 is 2.56 bits per heavy atom. The van der Waals surface area contributed by atoms with Crippen molar-refractivity contribution in [3.63, 3.8) is 0 Å². The summed E-state index contributed by atoms with van der Waals surface area (Å²) in [5, 5.41) is 4.43. The van der Waals surface area contributed by atoms with Gasteiger partial charge in [0.2, 0.25) is 0 Å². The highest BCUT2D eigenvalue weighted by Crippen LogP contribution is 2.33. The number of hydrogen-bond donors (Lipinski definition) is 1. The van der Waals surface area contributed by atoms with E-state index in [9.17, 15) is 0 Å². The molecule has 0 radical (unpaired) electrons. The van der Waals surface area contributed by atoms with Gasteiger partial charge in [0.1, 0.15) is 11.6 Å². The number of ether oxygens (including phenoxy) is 1. The Balaban J connectivity index is 2.14. The van der Waals surface area contributed by atoms with E-state index in [1.807, 2.05) is 18.5 Å². The zero-order valence-electron chi connectivity index (χ0n) is 9.94. The zero-order valence-corrected chi connectivity index (χ0v) is 10.8. The standard InChI is InChI=1S/C11H19N3OS/c1-9-12-10(2)14(13-9)7-11(8-16)3-5-15-6-4-11/h16H,3-8H2,1-2H3. The van der Waals surface area contributed by atoms with Gasteiger partial charge in [-0.25, -0.2) is 9.67 Å². The summed E-state index contributed by atoms with van der Waals surface area (Å²) >= 11 is 4.50. The van der Waals surface area contributed by atoms with Crippen molar-refractivity contribution in [3.8, 4) is 0 Å². The summed E-state index contributed by atoms with van der Waals surface area (Å²) in [4.78, 5) is 4.34. The van der Waals surface area contributed by atoms with E-state index in [2.05, 4.69) is 22.7 Å². The maximum absolute atomic E-state index is 5.42. The van der Waals surface area contributed by atoms with Crippen molar-refractivity contribution in [3.05, 3.63) is 11.6 Å². The van der Waals surface area contributed by atoms with Crippen molar-refractivity contribution < 1.29 is 4.74 Å². The fraction of sp³-hybridized carbons (Fsp3) is 0.818. The van der Waals surface area contributed by atoms with Crippen molar-refractivity contribution >= 4 is 12.6 Å². The molecule has 16 heavy (non-hydrogen) atoms. The predicted octanol–water partition coefficient (Wildman–Crippen LogP) is 1.62. The summed E-state index contributed by atoms with van der Waals surface area (Å²) < 4.78 is 7.43. The van der Waals surface area contributed by atoms with Gasteiger partial charge in [-0.05, 0) is 32.4 Å². The SMILES string of the molecule is Cc1nc(C)n(CC2(CS)CCOCC2)n1. The molecule has 90 valence electrons. The van der Waals surface area contributed by atoms with Gasteiger partial charge in [0.25, 0.3) is 0 Å². The summed E-state index contributed by atoms with van der Waals surface area (Å²) in [7, 11) is 0. The van der Waals surface area contributed by atoms with E-state index in [0.717, 1.165) is 50.0 Å². The van der Waals surface area contributed by atoms with Crippen LogP contribution in [-0.2, 0) is 11.3 Å². The van der Waals surface area contributed by atoms with Crippen LogP contribution >= 0.6 is 12.6 Å². The number of rotatable bonds is 3. The molecule has 1 aliphatic heterocycles. The van der Waals surface area contributed by atoms with Crippen LogP contribution in [0.15, 0.2) is 0 Å². The molecular weight excluding hydrogens is 222 g/mol. The van der Waals surface area contributed by atoms with E-state index in [-0.39, 0.29) is 5.41 Å².